The van der Waals surface area contributed by atoms with E-state index >= 15 is 0 Å². The van der Waals surface area contributed by atoms with Crippen LogP contribution in [0.1, 0.15) is 58.8 Å². The summed E-state index contributed by atoms with van der Waals surface area (Å²) in [5, 5.41) is 0. The number of hydrogen-bond donors (Lipinski definition) is 0. The van der Waals surface area contributed by atoms with Crippen molar-refractivity contribution in [2.75, 3.05) is 0 Å². The lowest BCUT2D eigenvalue weighted by atomic mass is 9.66. The molecule has 0 aromatic carbocycles. The first-order valence-corrected chi connectivity index (χ1v) is 7.07. The standard InChI is InChI=1S/C15H22O2/c1-3-10-4-5-11-12-6-7-14(16)15(12,2)9-8-13(11)17-10/h10,12H,3-9H2,1-2H3/t10?,12-,15+/m0/s1. The number of ketones is 1. The summed E-state index contributed by atoms with van der Waals surface area (Å²) in [7, 11) is 0. The predicted octanol–water partition coefficient (Wildman–Crippen LogP) is 3.61. The molecule has 0 amide bonds. The summed E-state index contributed by atoms with van der Waals surface area (Å²) in [5.74, 6) is 2.24. The van der Waals surface area contributed by atoms with Gasteiger partial charge in [0.1, 0.15) is 5.78 Å². The Morgan fingerprint density at radius 3 is 2.88 bits per heavy atom. The number of fused-ring (bicyclic) bond motifs is 2. The summed E-state index contributed by atoms with van der Waals surface area (Å²) in [6, 6.07) is 0. The molecule has 0 bridgehead atoms. The van der Waals surface area contributed by atoms with E-state index in [1.165, 1.54) is 17.8 Å². The van der Waals surface area contributed by atoms with Gasteiger partial charge in [0, 0.05) is 18.3 Å². The van der Waals surface area contributed by atoms with E-state index in [0.29, 0.717) is 17.8 Å². The second-order valence-electron chi connectivity index (χ2n) is 6.07. The Morgan fingerprint density at radius 1 is 1.29 bits per heavy atom. The normalized spacial score (nSPS) is 40.9. The lowest BCUT2D eigenvalue weighted by Gasteiger charge is -2.41. The summed E-state index contributed by atoms with van der Waals surface area (Å²) in [4.78, 5) is 12.1. The molecule has 0 radical (unpaired) electrons. The Bertz CT molecular complexity index is 382. The number of ether oxygens (including phenoxy) is 1. The number of carbonyl (C=O) groups excluding carboxylic acids is 1. The molecule has 2 nitrogen and oxygen atoms in total. The lowest BCUT2D eigenvalue weighted by Crippen LogP contribution is -2.36. The van der Waals surface area contributed by atoms with Crippen molar-refractivity contribution in [3.63, 3.8) is 0 Å². The first-order chi connectivity index (χ1) is 8.15. The molecule has 1 aliphatic heterocycles. The maximum atomic E-state index is 12.1. The van der Waals surface area contributed by atoms with Crippen LogP contribution in [0.4, 0.5) is 0 Å². The van der Waals surface area contributed by atoms with Crippen molar-refractivity contribution in [2.45, 2.75) is 64.9 Å². The second-order valence-corrected chi connectivity index (χ2v) is 6.07. The van der Waals surface area contributed by atoms with E-state index in [-0.39, 0.29) is 5.41 Å². The molecule has 0 saturated heterocycles. The van der Waals surface area contributed by atoms with Gasteiger partial charge in [-0.15, -0.1) is 0 Å². The Hall–Kier alpha value is -0.790. The minimum atomic E-state index is -0.0543. The van der Waals surface area contributed by atoms with Gasteiger partial charge < -0.3 is 4.74 Å². The van der Waals surface area contributed by atoms with E-state index < -0.39 is 0 Å². The van der Waals surface area contributed by atoms with Crippen LogP contribution in [0.2, 0.25) is 0 Å². The molecule has 1 unspecified atom stereocenters. The minimum absolute atomic E-state index is 0.0543. The van der Waals surface area contributed by atoms with Gasteiger partial charge in [0.15, 0.2) is 0 Å². The van der Waals surface area contributed by atoms with E-state index in [9.17, 15) is 4.79 Å². The highest BCUT2D eigenvalue weighted by molar-refractivity contribution is 5.87. The minimum Gasteiger partial charge on any atom is -0.495 e. The highest BCUT2D eigenvalue weighted by atomic mass is 16.5. The topological polar surface area (TPSA) is 26.3 Å². The molecule has 3 rings (SSSR count). The van der Waals surface area contributed by atoms with Crippen molar-refractivity contribution in [3.05, 3.63) is 11.3 Å². The van der Waals surface area contributed by atoms with Crippen LogP contribution in [-0.4, -0.2) is 11.9 Å². The van der Waals surface area contributed by atoms with Crippen LogP contribution >= 0.6 is 0 Å². The molecular formula is C15H22O2. The van der Waals surface area contributed by atoms with Crippen molar-refractivity contribution in [1.29, 1.82) is 0 Å². The van der Waals surface area contributed by atoms with Gasteiger partial charge in [-0.3, -0.25) is 4.79 Å². The SMILES string of the molecule is CCC1CCC2=C(CC[C@@]3(C)C(=O)CC[C@@H]23)O1. The smallest absolute Gasteiger partial charge is 0.139 e. The maximum Gasteiger partial charge on any atom is 0.139 e. The Kier molecular flexibility index (Phi) is 2.57. The van der Waals surface area contributed by atoms with E-state index in [2.05, 4.69) is 13.8 Å². The van der Waals surface area contributed by atoms with Crippen LogP contribution in [0.15, 0.2) is 11.3 Å². The zero-order chi connectivity index (χ0) is 12.0. The van der Waals surface area contributed by atoms with Gasteiger partial charge in [-0.25, -0.2) is 0 Å². The molecule has 2 aliphatic carbocycles. The van der Waals surface area contributed by atoms with Gasteiger partial charge in [-0.05, 0) is 43.6 Å². The Morgan fingerprint density at radius 2 is 2.12 bits per heavy atom. The fourth-order valence-electron chi connectivity index (χ4n) is 3.99. The lowest BCUT2D eigenvalue weighted by molar-refractivity contribution is -0.127. The molecule has 0 aromatic rings. The molecule has 3 atom stereocenters. The van der Waals surface area contributed by atoms with Gasteiger partial charge >= 0.3 is 0 Å². The summed E-state index contributed by atoms with van der Waals surface area (Å²) < 4.78 is 6.10. The molecule has 17 heavy (non-hydrogen) atoms. The molecule has 1 heterocycles. The number of carbonyl (C=O) groups is 1. The molecule has 1 saturated carbocycles. The molecule has 2 heteroatoms. The summed E-state index contributed by atoms with van der Waals surface area (Å²) in [6.07, 6.45) is 7.70. The molecule has 0 aromatic heterocycles. The maximum absolute atomic E-state index is 12.1. The average Bonchev–Trinajstić information content (AvgIpc) is 2.65. The van der Waals surface area contributed by atoms with Gasteiger partial charge in [0.25, 0.3) is 0 Å². The number of allylic oxidation sites excluding steroid dienone is 2. The van der Waals surface area contributed by atoms with E-state index in [4.69, 9.17) is 4.74 Å². The third-order valence-electron chi connectivity index (χ3n) is 5.22. The fourth-order valence-corrected chi connectivity index (χ4v) is 3.99. The molecule has 1 fully saturated rings. The first kappa shape index (κ1) is 11.3. The van der Waals surface area contributed by atoms with E-state index in [1.807, 2.05) is 0 Å². The first-order valence-electron chi connectivity index (χ1n) is 7.07. The Balaban J connectivity index is 1.91. The summed E-state index contributed by atoms with van der Waals surface area (Å²) in [6.45, 7) is 4.38. The van der Waals surface area contributed by atoms with Crippen molar-refractivity contribution >= 4 is 5.78 Å². The largest absolute Gasteiger partial charge is 0.495 e. The monoisotopic (exact) mass is 234 g/mol. The third kappa shape index (κ3) is 1.56. The van der Waals surface area contributed by atoms with E-state index in [0.717, 1.165) is 38.5 Å². The van der Waals surface area contributed by atoms with Crippen molar-refractivity contribution in [3.8, 4) is 0 Å². The van der Waals surface area contributed by atoms with Crippen molar-refractivity contribution in [2.24, 2.45) is 11.3 Å². The highest BCUT2D eigenvalue weighted by Crippen LogP contribution is 2.54. The van der Waals surface area contributed by atoms with Gasteiger partial charge in [-0.2, -0.15) is 0 Å². The third-order valence-corrected chi connectivity index (χ3v) is 5.22. The van der Waals surface area contributed by atoms with Crippen LogP contribution < -0.4 is 0 Å². The van der Waals surface area contributed by atoms with Crippen LogP contribution in [-0.2, 0) is 9.53 Å². The van der Waals surface area contributed by atoms with Crippen LogP contribution in [0, 0.1) is 11.3 Å². The van der Waals surface area contributed by atoms with Crippen LogP contribution in [0.3, 0.4) is 0 Å². The molecule has 0 spiro atoms. The van der Waals surface area contributed by atoms with Gasteiger partial charge in [0.2, 0.25) is 0 Å². The number of Topliss-reactive ketones (excluding diaryl/α,β-unsaturated/α-hetero) is 1. The molecular weight excluding hydrogens is 212 g/mol. The molecule has 0 N–H and O–H groups in total. The van der Waals surface area contributed by atoms with Crippen molar-refractivity contribution in [1.82, 2.24) is 0 Å². The summed E-state index contributed by atoms with van der Waals surface area (Å²) in [5.41, 5.74) is 1.44. The van der Waals surface area contributed by atoms with Gasteiger partial charge in [-0.1, -0.05) is 13.8 Å². The van der Waals surface area contributed by atoms with Crippen LogP contribution in [0.5, 0.6) is 0 Å². The zero-order valence-corrected chi connectivity index (χ0v) is 10.9. The van der Waals surface area contributed by atoms with Crippen LogP contribution in [0.25, 0.3) is 0 Å². The number of hydrogen-bond acceptors (Lipinski definition) is 2. The second kappa shape index (κ2) is 3.86. The fraction of sp³-hybridized carbons (Fsp3) is 0.800. The van der Waals surface area contributed by atoms with E-state index in [1.54, 1.807) is 0 Å². The molecule has 3 aliphatic rings. The van der Waals surface area contributed by atoms with Crippen molar-refractivity contribution < 1.29 is 9.53 Å². The highest BCUT2D eigenvalue weighted by Gasteiger charge is 2.50. The zero-order valence-electron chi connectivity index (χ0n) is 10.9. The quantitative estimate of drug-likeness (QED) is 0.693. The average molecular weight is 234 g/mol. The van der Waals surface area contributed by atoms with Gasteiger partial charge in [0.05, 0.1) is 11.9 Å². The number of rotatable bonds is 1. The molecule has 94 valence electrons. The Labute approximate surface area is 103 Å². The summed E-state index contributed by atoms with van der Waals surface area (Å²) >= 11 is 0. The predicted molar refractivity (Wildman–Crippen MR) is 66.5 cm³/mol.